The molecule has 0 aliphatic carbocycles. The summed E-state index contributed by atoms with van der Waals surface area (Å²) in [6, 6.07) is 0.724. The first kappa shape index (κ1) is 17.4. The highest BCUT2D eigenvalue weighted by atomic mass is 16.5. The van der Waals surface area contributed by atoms with Crippen molar-refractivity contribution in [2.24, 2.45) is 5.92 Å². The van der Waals surface area contributed by atoms with Crippen molar-refractivity contribution < 1.29 is 9.32 Å². The lowest BCUT2D eigenvalue weighted by Gasteiger charge is -2.42. The Kier molecular flexibility index (Phi) is 5.87. The van der Waals surface area contributed by atoms with Crippen molar-refractivity contribution in [3.8, 4) is 0 Å². The van der Waals surface area contributed by atoms with E-state index in [1.807, 2.05) is 11.8 Å². The van der Waals surface area contributed by atoms with Gasteiger partial charge in [0.25, 0.3) is 0 Å². The maximum atomic E-state index is 12.4. The molecule has 2 saturated heterocycles. The van der Waals surface area contributed by atoms with E-state index in [9.17, 15) is 4.79 Å². The number of piperidine rings is 2. The van der Waals surface area contributed by atoms with E-state index in [0.29, 0.717) is 18.7 Å². The molecule has 0 radical (unpaired) electrons. The molecule has 0 N–H and O–H groups in total. The molecule has 0 spiro atoms. The Hall–Kier alpha value is -1.43. The molecule has 6 nitrogen and oxygen atoms in total. The molecular formula is C18H30N4O2. The summed E-state index contributed by atoms with van der Waals surface area (Å²) in [6.07, 6.45) is 8.09. The standard InChI is InChI=1S/C18H30N4O2/c1-3-16-19-17(24-20-16)7-8-18(23)22-12-9-14(10-13-22)15-6-4-5-11-21(15)2/h14-15H,3-13H2,1-2H3/t15-/m1/s1. The third-order valence-electron chi connectivity index (χ3n) is 5.64. The fourth-order valence-electron chi connectivity index (χ4n) is 4.14. The van der Waals surface area contributed by atoms with Crippen molar-refractivity contribution in [1.82, 2.24) is 19.9 Å². The lowest BCUT2D eigenvalue weighted by Crippen LogP contribution is -2.47. The number of carbonyl (C=O) groups is 1. The Morgan fingerprint density at radius 3 is 2.67 bits per heavy atom. The first-order valence-electron chi connectivity index (χ1n) is 9.47. The minimum absolute atomic E-state index is 0.224. The largest absolute Gasteiger partial charge is 0.343 e. The Morgan fingerprint density at radius 2 is 2.00 bits per heavy atom. The van der Waals surface area contributed by atoms with Gasteiger partial charge in [-0.25, -0.2) is 0 Å². The van der Waals surface area contributed by atoms with Crippen LogP contribution in [-0.4, -0.2) is 58.6 Å². The summed E-state index contributed by atoms with van der Waals surface area (Å²) in [6.45, 7) is 5.02. The summed E-state index contributed by atoms with van der Waals surface area (Å²) in [5.41, 5.74) is 0. The fourth-order valence-corrected chi connectivity index (χ4v) is 4.14. The smallest absolute Gasteiger partial charge is 0.227 e. The van der Waals surface area contributed by atoms with Gasteiger partial charge in [0.1, 0.15) is 0 Å². The number of carbonyl (C=O) groups excluding carboxylic acids is 1. The van der Waals surface area contributed by atoms with E-state index < -0.39 is 0 Å². The zero-order valence-electron chi connectivity index (χ0n) is 15.0. The molecule has 2 aliphatic rings. The van der Waals surface area contributed by atoms with E-state index in [4.69, 9.17) is 4.52 Å². The van der Waals surface area contributed by atoms with Crippen LogP contribution in [-0.2, 0) is 17.6 Å². The van der Waals surface area contributed by atoms with Gasteiger partial charge in [-0.3, -0.25) is 4.79 Å². The van der Waals surface area contributed by atoms with Crippen LogP contribution in [0.15, 0.2) is 4.52 Å². The molecule has 0 aromatic carbocycles. The van der Waals surface area contributed by atoms with E-state index in [-0.39, 0.29) is 5.91 Å². The highest BCUT2D eigenvalue weighted by Gasteiger charge is 2.31. The van der Waals surface area contributed by atoms with E-state index in [0.717, 1.165) is 50.1 Å². The first-order chi connectivity index (χ1) is 11.7. The summed E-state index contributed by atoms with van der Waals surface area (Å²) >= 11 is 0. The SMILES string of the molecule is CCc1noc(CCC(=O)N2CCC([C@H]3CCCCN3C)CC2)n1. The topological polar surface area (TPSA) is 62.5 Å². The zero-order valence-corrected chi connectivity index (χ0v) is 15.0. The number of aryl methyl sites for hydroxylation is 2. The molecule has 2 aliphatic heterocycles. The number of hydrogen-bond donors (Lipinski definition) is 0. The van der Waals surface area contributed by atoms with Gasteiger partial charge < -0.3 is 14.3 Å². The van der Waals surface area contributed by atoms with Crippen molar-refractivity contribution >= 4 is 5.91 Å². The van der Waals surface area contributed by atoms with E-state index >= 15 is 0 Å². The monoisotopic (exact) mass is 334 g/mol. The maximum Gasteiger partial charge on any atom is 0.227 e. The van der Waals surface area contributed by atoms with Gasteiger partial charge in [-0.1, -0.05) is 18.5 Å². The van der Waals surface area contributed by atoms with E-state index in [1.165, 1.54) is 25.8 Å². The normalized spacial score (nSPS) is 23.6. The summed E-state index contributed by atoms with van der Waals surface area (Å²) in [5, 5.41) is 3.88. The lowest BCUT2D eigenvalue weighted by molar-refractivity contribution is -0.133. The molecule has 0 bridgehead atoms. The van der Waals surface area contributed by atoms with Crippen LogP contribution in [0.5, 0.6) is 0 Å². The Balaban J connectivity index is 1.43. The molecular weight excluding hydrogens is 304 g/mol. The summed E-state index contributed by atoms with van der Waals surface area (Å²) in [5.74, 6) is 2.28. The molecule has 134 valence electrons. The second-order valence-electron chi connectivity index (χ2n) is 7.22. The Labute approximate surface area is 144 Å². The molecule has 1 aromatic rings. The van der Waals surface area contributed by atoms with Crippen molar-refractivity contribution in [2.75, 3.05) is 26.7 Å². The highest BCUT2D eigenvalue weighted by Crippen LogP contribution is 2.29. The average molecular weight is 334 g/mol. The molecule has 0 unspecified atom stereocenters. The van der Waals surface area contributed by atoms with Crippen LogP contribution in [0.2, 0.25) is 0 Å². The number of nitrogens with zero attached hydrogens (tertiary/aromatic N) is 4. The van der Waals surface area contributed by atoms with Gasteiger partial charge in [-0.2, -0.15) is 4.98 Å². The van der Waals surface area contributed by atoms with Crippen molar-refractivity contribution in [2.45, 2.75) is 64.3 Å². The molecule has 2 fully saturated rings. The van der Waals surface area contributed by atoms with Crippen molar-refractivity contribution in [3.05, 3.63) is 11.7 Å². The zero-order chi connectivity index (χ0) is 16.9. The third-order valence-corrected chi connectivity index (χ3v) is 5.64. The second-order valence-corrected chi connectivity index (χ2v) is 7.22. The number of likely N-dealkylation sites (tertiary alicyclic amines) is 2. The van der Waals surface area contributed by atoms with Crippen LogP contribution in [0.3, 0.4) is 0 Å². The predicted octanol–water partition coefficient (Wildman–Crippen LogP) is 2.29. The molecule has 0 saturated carbocycles. The highest BCUT2D eigenvalue weighted by molar-refractivity contribution is 5.76. The first-order valence-corrected chi connectivity index (χ1v) is 9.47. The number of hydrogen-bond acceptors (Lipinski definition) is 5. The summed E-state index contributed by atoms with van der Waals surface area (Å²) in [4.78, 5) is 21.3. The van der Waals surface area contributed by atoms with Gasteiger partial charge in [0, 0.05) is 38.4 Å². The van der Waals surface area contributed by atoms with Crippen LogP contribution < -0.4 is 0 Å². The average Bonchev–Trinajstić information content (AvgIpc) is 3.08. The van der Waals surface area contributed by atoms with Gasteiger partial charge in [0.2, 0.25) is 11.8 Å². The number of amides is 1. The minimum atomic E-state index is 0.224. The van der Waals surface area contributed by atoms with Crippen molar-refractivity contribution in [1.29, 1.82) is 0 Å². The van der Waals surface area contributed by atoms with Gasteiger partial charge >= 0.3 is 0 Å². The van der Waals surface area contributed by atoms with Crippen LogP contribution >= 0.6 is 0 Å². The van der Waals surface area contributed by atoms with Crippen LogP contribution in [0.4, 0.5) is 0 Å². The fraction of sp³-hybridized carbons (Fsp3) is 0.833. The summed E-state index contributed by atoms with van der Waals surface area (Å²) < 4.78 is 5.16. The van der Waals surface area contributed by atoms with Gasteiger partial charge in [0.15, 0.2) is 5.82 Å². The Bertz CT molecular complexity index is 537. The molecule has 1 amide bonds. The Morgan fingerprint density at radius 1 is 1.21 bits per heavy atom. The van der Waals surface area contributed by atoms with Crippen molar-refractivity contribution in [3.63, 3.8) is 0 Å². The van der Waals surface area contributed by atoms with Crippen LogP contribution in [0, 0.1) is 5.92 Å². The second kappa shape index (κ2) is 8.10. The third kappa shape index (κ3) is 4.15. The summed E-state index contributed by atoms with van der Waals surface area (Å²) in [7, 11) is 2.26. The van der Waals surface area contributed by atoms with Crippen LogP contribution in [0.1, 0.15) is 57.2 Å². The molecule has 3 rings (SSSR count). The lowest BCUT2D eigenvalue weighted by atomic mass is 9.84. The van der Waals surface area contributed by atoms with E-state index in [2.05, 4.69) is 22.1 Å². The van der Waals surface area contributed by atoms with Crippen LogP contribution in [0.25, 0.3) is 0 Å². The molecule has 1 aromatic heterocycles. The molecule has 3 heterocycles. The number of aromatic nitrogens is 2. The molecule has 6 heteroatoms. The molecule has 1 atom stereocenters. The number of rotatable bonds is 5. The molecule has 24 heavy (non-hydrogen) atoms. The maximum absolute atomic E-state index is 12.4. The predicted molar refractivity (Wildman–Crippen MR) is 91.6 cm³/mol. The minimum Gasteiger partial charge on any atom is -0.343 e. The van der Waals surface area contributed by atoms with E-state index in [1.54, 1.807) is 0 Å². The van der Waals surface area contributed by atoms with Gasteiger partial charge in [-0.05, 0) is 45.2 Å². The van der Waals surface area contributed by atoms with Gasteiger partial charge in [0.05, 0.1) is 0 Å². The quantitative estimate of drug-likeness (QED) is 0.827. The van der Waals surface area contributed by atoms with Gasteiger partial charge in [-0.15, -0.1) is 0 Å².